The topological polar surface area (TPSA) is 131 Å². The van der Waals surface area contributed by atoms with Gasteiger partial charge < -0.3 is 29.5 Å². The molecule has 2 N–H and O–H groups in total. The van der Waals surface area contributed by atoms with E-state index in [2.05, 4.69) is 5.32 Å². The molecule has 52 heavy (non-hydrogen) atoms. The number of halogens is 3. The van der Waals surface area contributed by atoms with Crippen molar-refractivity contribution in [2.24, 2.45) is 0 Å². The van der Waals surface area contributed by atoms with Crippen molar-refractivity contribution in [2.45, 2.75) is 19.1 Å². The summed E-state index contributed by atoms with van der Waals surface area (Å²) in [4.78, 5) is 51.3. The number of hydrogen-bond acceptors (Lipinski definition) is 7. The molecule has 0 aliphatic rings. The third-order valence-corrected chi connectivity index (χ3v) is 7.58. The normalized spacial score (nSPS) is 10.9. The maximum absolute atomic E-state index is 13.5. The number of amides is 2. The number of nitrogens with zero attached hydrogens (tertiary/aromatic N) is 1. The van der Waals surface area contributed by atoms with Gasteiger partial charge in [0.05, 0.1) is 24.7 Å². The van der Waals surface area contributed by atoms with Crippen LogP contribution in [0.2, 0.25) is 0 Å². The number of nitrogens with one attached hydrogen (secondary N) is 1. The first-order chi connectivity index (χ1) is 24.9. The molecule has 10 nitrogen and oxygen atoms in total. The number of carbonyl (C=O) groups is 4. The Bertz CT molecular complexity index is 2030. The van der Waals surface area contributed by atoms with Gasteiger partial charge in [-0.3, -0.25) is 14.4 Å². The van der Waals surface area contributed by atoms with Crippen LogP contribution in [0.15, 0.2) is 121 Å². The van der Waals surface area contributed by atoms with E-state index < -0.39 is 48.5 Å². The number of methoxy groups -OCH3 is 1. The maximum Gasteiger partial charge on any atom is 0.416 e. The van der Waals surface area contributed by atoms with Gasteiger partial charge >= 0.3 is 18.1 Å². The average molecular weight is 713 g/mol. The number of hydrogen-bond donors (Lipinski definition) is 2. The predicted molar refractivity (Wildman–Crippen MR) is 184 cm³/mol. The van der Waals surface area contributed by atoms with Crippen LogP contribution in [0.4, 0.5) is 18.9 Å². The fraction of sp³-hybridized carbons (Fsp3) is 0.128. The summed E-state index contributed by atoms with van der Waals surface area (Å²) in [5, 5.41) is 12.0. The number of aliphatic carboxylic acids is 1. The molecular weight excluding hydrogens is 681 g/mol. The minimum atomic E-state index is -4.70. The van der Waals surface area contributed by atoms with Crippen molar-refractivity contribution >= 4 is 29.4 Å². The first-order valence-electron chi connectivity index (χ1n) is 15.7. The highest BCUT2D eigenvalue weighted by molar-refractivity contribution is 5.97. The largest absolute Gasteiger partial charge is 0.497 e. The molecule has 0 heterocycles. The second-order valence-corrected chi connectivity index (χ2v) is 11.4. The SMILES string of the molecule is COc1ccc(CC(=O)Nc2ccc(C(=O)N(CC(=O)O)Cc3ccc(OC(=O)c4ccc(Oc5ccccc5)cc4)cc3)cc2)c(C(F)(F)F)c1. The van der Waals surface area contributed by atoms with Gasteiger partial charge in [-0.05, 0) is 96.1 Å². The van der Waals surface area contributed by atoms with E-state index in [1.165, 1.54) is 55.6 Å². The second kappa shape index (κ2) is 16.4. The van der Waals surface area contributed by atoms with Crippen molar-refractivity contribution < 1.29 is 51.7 Å². The van der Waals surface area contributed by atoms with Crippen molar-refractivity contribution in [3.63, 3.8) is 0 Å². The minimum absolute atomic E-state index is 0.000148. The molecule has 5 aromatic carbocycles. The third kappa shape index (κ3) is 9.97. The number of carboxylic acid groups (broad SMARTS) is 1. The number of carboxylic acids is 1. The van der Waals surface area contributed by atoms with E-state index in [1.54, 1.807) is 48.5 Å². The second-order valence-electron chi connectivity index (χ2n) is 11.4. The number of carbonyl (C=O) groups excluding carboxylic acids is 3. The molecule has 0 aromatic heterocycles. The van der Waals surface area contributed by atoms with Crippen LogP contribution in [0.3, 0.4) is 0 Å². The number of alkyl halides is 3. The number of esters is 1. The Hall–Kier alpha value is -6.63. The zero-order valence-corrected chi connectivity index (χ0v) is 27.6. The van der Waals surface area contributed by atoms with Gasteiger partial charge in [0, 0.05) is 17.8 Å². The van der Waals surface area contributed by atoms with Crippen molar-refractivity contribution in [3.05, 3.63) is 149 Å². The van der Waals surface area contributed by atoms with Crippen LogP contribution >= 0.6 is 0 Å². The van der Waals surface area contributed by atoms with Crippen LogP contribution in [-0.4, -0.2) is 47.4 Å². The number of para-hydroxylation sites is 1. The summed E-state index contributed by atoms with van der Waals surface area (Å²) in [5.74, 6) is -1.77. The van der Waals surface area contributed by atoms with Gasteiger partial charge in [0.25, 0.3) is 5.91 Å². The number of anilines is 1. The lowest BCUT2D eigenvalue weighted by Crippen LogP contribution is -2.35. The molecule has 0 unspecified atom stereocenters. The zero-order valence-electron chi connectivity index (χ0n) is 27.6. The van der Waals surface area contributed by atoms with Gasteiger partial charge in [0.15, 0.2) is 0 Å². The molecule has 5 rings (SSSR count). The van der Waals surface area contributed by atoms with E-state index in [4.69, 9.17) is 14.2 Å². The average Bonchev–Trinajstić information content (AvgIpc) is 3.12. The minimum Gasteiger partial charge on any atom is -0.497 e. The number of benzene rings is 5. The molecule has 0 aliphatic heterocycles. The Kier molecular flexibility index (Phi) is 11.5. The van der Waals surface area contributed by atoms with E-state index in [0.717, 1.165) is 11.0 Å². The van der Waals surface area contributed by atoms with Crippen LogP contribution in [0.5, 0.6) is 23.0 Å². The quantitative estimate of drug-likeness (QED) is 0.0941. The van der Waals surface area contributed by atoms with Gasteiger partial charge in [-0.1, -0.05) is 36.4 Å². The highest BCUT2D eigenvalue weighted by Gasteiger charge is 2.34. The maximum atomic E-state index is 13.5. The Morgan fingerprint density at radius 2 is 1.33 bits per heavy atom. The molecule has 13 heteroatoms. The summed E-state index contributed by atoms with van der Waals surface area (Å²) >= 11 is 0. The molecule has 0 saturated heterocycles. The van der Waals surface area contributed by atoms with Crippen molar-refractivity contribution in [3.8, 4) is 23.0 Å². The van der Waals surface area contributed by atoms with Crippen molar-refractivity contribution in [1.29, 1.82) is 0 Å². The smallest absolute Gasteiger partial charge is 0.416 e. The predicted octanol–water partition coefficient (Wildman–Crippen LogP) is 7.63. The van der Waals surface area contributed by atoms with E-state index in [0.29, 0.717) is 22.6 Å². The van der Waals surface area contributed by atoms with E-state index in [9.17, 15) is 37.5 Å². The van der Waals surface area contributed by atoms with Gasteiger partial charge in [-0.25, -0.2) is 4.79 Å². The molecule has 0 aliphatic carbocycles. The molecule has 266 valence electrons. The molecule has 0 radical (unpaired) electrons. The van der Waals surface area contributed by atoms with Crippen LogP contribution < -0.4 is 19.5 Å². The van der Waals surface area contributed by atoms with Gasteiger partial charge in [-0.2, -0.15) is 13.2 Å². The monoisotopic (exact) mass is 712 g/mol. The fourth-order valence-electron chi connectivity index (χ4n) is 5.05. The standard InChI is InChI=1S/C39H31F3N2O8/c1-50-33-20-13-28(34(22-33)39(40,41)42)21-35(45)43-29-14-9-26(10-15-29)37(48)44(24-36(46)47)23-25-7-16-32(17-8-25)52-38(49)27-11-18-31(19-12-27)51-30-5-3-2-4-6-30/h2-20,22H,21,23-24H2,1H3,(H,43,45)(H,46,47). The lowest BCUT2D eigenvalue weighted by atomic mass is 10.0. The van der Waals surface area contributed by atoms with Crippen LogP contribution in [0.25, 0.3) is 0 Å². The van der Waals surface area contributed by atoms with Gasteiger partial charge in [-0.15, -0.1) is 0 Å². The molecule has 0 saturated carbocycles. The molecule has 0 bridgehead atoms. The summed E-state index contributed by atoms with van der Waals surface area (Å²) in [6.07, 6.45) is -5.27. The summed E-state index contributed by atoms with van der Waals surface area (Å²) in [6.45, 7) is -0.717. The van der Waals surface area contributed by atoms with Crippen LogP contribution in [-0.2, 0) is 28.7 Å². The Labute approximate surface area is 296 Å². The fourth-order valence-corrected chi connectivity index (χ4v) is 5.05. The summed E-state index contributed by atoms with van der Waals surface area (Å²) in [5.41, 5.74) is -0.0604. The molecular formula is C39H31F3N2O8. The molecule has 0 fully saturated rings. The lowest BCUT2D eigenvalue weighted by Gasteiger charge is -2.21. The zero-order chi connectivity index (χ0) is 37.3. The van der Waals surface area contributed by atoms with Crippen molar-refractivity contribution in [1.82, 2.24) is 4.90 Å². The molecule has 0 atom stereocenters. The summed E-state index contributed by atoms with van der Waals surface area (Å²) in [7, 11) is 1.24. The third-order valence-electron chi connectivity index (χ3n) is 7.58. The summed E-state index contributed by atoms with van der Waals surface area (Å²) < 4.78 is 56.7. The van der Waals surface area contributed by atoms with E-state index >= 15 is 0 Å². The van der Waals surface area contributed by atoms with Crippen LogP contribution in [0, 0.1) is 0 Å². The van der Waals surface area contributed by atoms with Crippen LogP contribution in [0.1, 0.15) is 37.4 Å². The molecule has 0 spiro atoms. The van der Waals surface area contributed by atoms with Gasteiger partial charge in [0.1, 0.15) is 29.5 Å². The summed E-state index contributed by atoms with van der Waals surface area (Å²) in [6, 6.07) is 30.6. The number of ether oxygens (including phenoxy) is 3. The first-order valence-corrected chi connectivity index (χ1v) is 15.7. The Morgan fingerprint density at radius 1 is 0.731 bits per heavy atom. The van der Waals surface area contributed by atoms with E-state index in [1.807, 2.05) is 18.2 Å². The van der Waals surface area contributed by atoms with E-state index in [-0.39, 0.29) is 34.9 Å². The van der Waals surface area contributed by atoms with Gasteiger partial charge in [0.2, 0.25) is 5.91 Å². The highest BCUT2D eigenvalue weighted by atomic mass is 19.4. The lowest BCUT2D eigenvalue weighted by molar-refractivity contribution is -0.139. The molecule has 5 aromatic rings. The highest BCUT2D eigenvalue weighted by Crippen LogP contribution is 2.35. The Balaban J connectivity index is 1.18. The molecule has 2 amide bonds. The van der Waals surface area contributed by atoms with Crippen molar-refractivity contribution in [2.75, 3.05) is 19.0 Å². The number of rotatable bonds is 13. The first kappa shape index (κ1) is 36.6. The Morgan fingerprint density at radius 3 is 1.94 bits per heavy atom.